The Balaban J connectivity index is 1.59. The summed E-state index contributed by atoms with van der Waals surface area (Å²) in [6, 6.07) is 11.9. The molecule has 0 N–H and O–H groups in total. The van der Waals surface area contributed by atoms with Gasteiger partial charge in [-0.3, -0.25) is 4.90 Å². The molecule has 1 atom stereocenters. The summed E-state index contributed by atoms with van der Waals surface area (Å²) in [5, 5.41) is 2.27. The number of piperazine rings is 1. The van der Waals surface area contributed by atoms with Gasteiger partial charge in [0, 0.05) is 31.9 Å². The van der Waals surface area contributed by atoms with Crippen LogP contribution in [0.5, 0.6) is 0 Å². The monoisotopic (exact) mass is 358 g/mol. The Morgan fingerprint density at radius 3 is 2.71 bits per heavy atom. The van der Waals surface area contributed by atoms with Gasteiger partial charge >= 0.3 is 0 Å². The summed E-state index contributed by atoms with van der Waals surface area (Å²) in [6.07, 6.45) is 2.63. The molecule has 0 saturated carbocycles. The van der Waals surface area contributed by atoms with Crippen molar-refractivity contribution < 1.29 is 0 Å². The van der Waals surface area contributed by atoms with E-state index < -0.39 is 0 Å². The lowest BCUT2D eigenvalue weighted by atomic mass is 9.95. The van der Waals surface area contributed by atoms with Crippen molar-refractivity contribution >= 4 is 23.1 Å². The highest BCUT2D eigenvalue weighted by molar-refractivity contribution is 8.00. The van der Waals surface area contributed by atoms with Gasteiger partial charge in [-0.15, -0.1) is 23.1 Å². The van der Waals surface area contributed by atoms with Crippen LogP contribution < -0.4 is 0 Å². The SMILES string of the molecule is CCCCN1CCN(C2c3ccccc3CSc3sccc32)CC1. The molecule has 0 spiro atoms. The third-order valence-corrected chi connectivity index (χ3v) is 7.58. The van der Waals surface area contributed by atoms with Gasteiger partial charge in [0.1, 0.15) is 0 Å². The molecule has 1 saturated heterocycles. The number of thioether (sulfide) groups is 1. The molecular weight excluding hydrogens is 332 g/mol. The van der Waals surface area contributed by atoms with Gasteiger partial charge in [-0.2, -0.15) is 0 Å². The van der Waals surface area contributed by atoms with Crippen molar-refractivity contribution in [1.29, 1.82) is 0 Å². The number of unbranched alkanes of at least 4 members (excludes halogenated alkanes) is 1. The van der Waals surface area contributed by atoms with E-state index in [2.05, 4.69) is 52.4 Å². The molecule has 2 nitrogen and oxygen atoms in total. The molecule has 4 heteroatoms. The van der Waals surface area contributed by atoms with Crippen LogP contribution in [0.4, 0.5) is 0 Å². The van der Waals surface area contributed by atoms with Crippen molar-refractivity contribution in [2.45, 2.75) is 35.8 Å². The van der Waals surface area contributed by atoms with E-state index in [-0.39, 0.29) is 0 Å². The zero-order valence-electron chi connectivity index (χ0n) is 14.4. The normalized spacial score (nSPS) is 22.0. The Bertz CT molecular complexity index is 674. The molecule has 2 aliphatic rings. The molecule has 24 heavy (non-hydrogen) atoms. The predicted octanol–water partition coefficient (Wildman–Crippen LogP) is 4.86. The van der Waals surface area contributed by atoms with Crippen LogP contribution in [-0.4, -0.2) is 42.5 Å². The van der Waals surface area contributed by atoms with E-state index in [0.717, 1.165) is 5.75 Å². The Labute approximate surface area is 153 Å². The van der Waals surface area contributed by atoms with Gasteiger partial charge in [-0.05, 0) is 41.1 Å². The van der Waals surface area contributed by atoms with Crippen LogP contribution in [0.1, 0.15) is 42.5 Å². The number of rotatable bonds is 4. The quantitative estimate of drug-likeness (QED) is 0.770. The van der Waals surface area contributed by atoms with Crippen molar-refractivity contribution in [3.05, 3.63) is 52.4 Å². The minimum absolute atomic E-state index is 0.450. The van der Waals surface area contributed by atoms with Crippen LogP contribution in [0.2, 0.25) is 0 Å². The minimum Gasteiger partial charge on any atom is -0.301 e. The van der Waals surface area contributed by atoms with E-state index in [1.165, 1.54) is 66.5 Å². The van der Waals surface area contributed by atoms with Crippen LogP contribution in [0.3, 0.4) is 0 Å². The molecule has 3 heterocycles. The minimum atomic E-state index is 0.450. The second-order valence-corrected chi connectivity index (χ2v) is 8.94. The van der Waals surface area contributed by atoms with E-state index >= 15 is 0 Å². The molecule has 0 radical (unpaired) electrons. The average Bonchev–Trinajstić information content (AvgIpc) is 3.03. The fraction of sp³-hybridized carbons (Fsp3) is 0.500. The molecule has 1 fully saturated rings. The second kappa shape index (κ2) is 7.61. The van der Waals surface area contributed by atoms with E-state index in [0.29, 0.717) is 6.04 Å². The summed E-state index contributed by atoms with van der Waals surface area (Å²) in [5.74, 6) is 1.11. The Hall–Kier alpha value is -0.810. The van der Waals surface area contributed by atoms with Gasteiger partial charge in [-0.1, -0.05) is 37.6 Å². The lowest BCUT2D eigenvalue weighted by Crippen LogP contribution is -2.48. The highest BCUT2D eigenvalue weighted by Gasteiger charge is 2.31. The topological polar surface area (TPSA) is 6.48 Å². The van der Waals surface area contributed by atoms with E-state index in [1.807, 2.05) is 23.1 Å². The first kappa shape index (κ1) is 16.6. The van der Waals surface area contributed by atoms with E-state index in [9.17, 15) is 0 Å². The summed E-state index contributed by atoms with van der Waals surface area (Å²) in [5.41, 5.74) is 4.59. The number of benzene rings is 1. The number of hydrogen-bond donors (Lipinski definition) is 0. The standard InChI is InChI=1S/C20H26N2S2/c1-2-3-9-21-10-12-22(13-11-21)19-17-7-5-4-6-16(17)15-24-20-18(19)8-14-23-20/h4-8,14,19H,2-3,9-13,15H2,1H3. The average molecular weight is 359 g/mol. The smallest absolute Gasteiger partial charge is 0.0653 e. The molecule has 128 valence electrons. The molecule has 0 amide bonds. The lowest BCUT2D eigenvalue weighted by molar-refractivity contribution is 0.108. The van der Waals surface area contributed by atoms with Crippen LogP contribution in [0.25, 0.3) is 0 Å². The maximum atomic E-state index is 2.72. The molecule has 2 aromatic rings. The largest absolute Gasteiger partial charge is 0.301 e. The Morgan fingerprint density at radius 1 is 1.04 bits per heavy atom. The molecule has 2 aliphatic heterocycles. The fourth-order valence-corrected chi connectivity index (χ4v) is 6.05. The summed E-state index contributed by atoms with van der Waals surface area (Å²) in [6.45, 7) is 8.35. The summed E-state index contributed by atoms with van der Waals surface area (Å²) < 4.78 is 1.52. The first-order valence-electron chi connectivity index (χ1n) is 9.11. The number of thiophene rings is 1. The zero-order chi connectivity index (χ0) is 16.4. The predicted molar refractivity (Wildman–Crippen MR) is 105 cm³/mol. The number of fused-ring (bicyclic) bond motifs is 2. The van der Waals surface area contributed by atoms with E-state index in [4.69, 9.17) is 0 Å². The van der Waals surface area contributed by atoms with Gasteiger partial charge in [0.05, 0.1) is 10.3 Å². The number of hydrogen-bond acceptors (Lipinski definition) is 4. The lowest BCUT2D eigenvalue weighted by Gasteiger charge is -2.39. The van der Waals surface area contributed by atoms with Gasteiger partial charge in [-0.25, -0.2) is 0 Å². The first-order valence-corrected chi connectivity index (χ1v) is 11.0. The van der Waals surface area contributed by atoms with Crippen molar-refractivity contribution in [3.8, 4) is 0 Å². The van der Waals surface area contributed by atoms with Crippen LogP contribution >= 0.6 is 23.1 Å². The van der Waals surface area contributed by atoms with E-state index in [1.54, 1.807) is 0 Å². The highest BCUT2D eigenvalue weighted by Crippen LogP contribution is 2.44. The molecular formula is C20H26N2S2. The molecule has 0 aliphatic carbocycles. The van der Waals surface area contributed by atoms with Crippen molar-refractivity contribution in [1.82, 2.24) is 9.80 Å². The second-order valence-electron chi connectivity index (χ2n) is 6.78. The maximum Gasteiger partial charge on any atom is 0.0653 e. The van der Waals surface area contributed by atoms with Gasteiger partial charge in [0.25, 0.3) is 0 Å². The molecule has 1 aromatic carbocycles. The molecule has 1 aromatic heterocycles. The van der Waals surface area contributed by atoms with Gasteiger partial charge in [0.2, 0.25) is 0 Å². The number of nitrogens with zero attached hydrogens (tertiary/aromatic N) is 2. The molecule has 1 unspecified atom stereocenters. The van der Waals surface area contributed by atoms with Crippen LogP contribution in [0.15, 0.2) is 39.9 Å². The third kappa shape index (κ3) is 3.30. The first-order chi connectivity index (χ1) is 11.9. The Kier molecular flexibility index (Phi) is 5.28. The highest BCUT2D eigenvalue weighted by atomic mass is 32.2. The summed E-state index contributed by atoms with van der Waals surface area (Å²) >= 11 is 3.93. The summed E-state index contributed by atoms with van der Waals surface area (Å²) in [4.78, 5) is 5.37. The third-order valence-electron chi connectivity index (χ3n) is 5.26. The Morgan fingerprint density at radius 2 is 1.88 bits per heavy atom. The zero-order valence-corrected chi connectivity index (χ0v) is 16.0. The van der Waals surface area contributed by atoms with Crippen molar-refractivity contribution in [3.63, 3.8) is 0 Å². The van der Waals surface area contributed by atoms with Crippen LogP contribution in [-0.2, 0) is 5.75 Å². The summed E-state index contributed by atoms with van der Waals surface area (Å²) in [7, 11) is 0. The van der Waals surface area contributed by atoms with Crippen molar-refractivity contribution in [2.24, 2.45) is 0 Å². The van der Waals surface area contributed by atoms with Crippen molar-refractivity contribution in [2.75, 3.05) is 32.7 Å². The van der Waals surface area contributed by atoms with Gasteiger partial charge < -0.3 is 4.90 Å². The fourth-order valence-electron chi connectivity index (χ4n) is 3.89. The van der Waals surface area contributed by atoms with Crippen LogP contribution in [0, 0.1) is 0 Å². The maximum absolute atomic E-state index is 2.72. The molecule has 0 bridgehead atoms. The molecule has 4 rings (SSSR count). The van der Waals surface area contributed by atoms with Gasteiger partial charge in [0.15, 0.2) is 0 Å².